The number of esters is 2. The van der Waals surface area contributed by atoms with Gasteiger partial charge in [-0.3, -0.25) is 4.79 Å². The van der Waals surface area contributed by atoms with E-state index in [2.05, 4.69) is 12.2 Å². The van der Waals surface area contributed by atoms with Crippen LogP contribution in [0.15, 0.2) is 47.5 Å². The van der Waals surface area contributed by atoms with Crippen LogP contribution in [0.4, 0.5) is 0 Å². The number of aliphatic carboxylic acids is 1. The van der Waals surface area contributed by atoms with E-state index < -0.39 is 101 Å². The van der Waals surface area contributed by atoms with Gasteiger partial charge >= 0.3 is 17.9 Å². The van der Waals surface area contributed by atoms with Gasteiger partial charge < -0.3 is 54.0 Å². The molecule has 2 saturated heterocycles. The molecule has 14 heteroatoms. The molecule has 16 atom stereocenters. The number of hydrogen-bond donors (Lipinski definition) is 5. The maximum absolute atomic E-state index is 14.6. The summed E-state index contributed by atoms with van der Waals surface area (Å²) in [7, 11) is 0. The number of carboxylic acid groups (broad SMARTS) is 1. The molecule has 7 aliphatic rings. The first-order valence-corrected chi connectivity index (χ1v) is 20.0. The summed E-state index contributed by atoms with van der Waals surface area (Å²) in [6.07, 6.45) is 7.82. The van der Waals surface area contributed by atoms with Crippen LogP contribution in [-0.2, 0) is 42.8 Å². The van der Waals surface area contributed by atoms with Crippen molar-refractivity contribution >= 4 is 17.9 Å². The van der Waals surface area contributed by atoms with E-state index >= 15 is 0 Å². The van der Waals surface area contributed by atoms with Crippen LogP contribution in [0.5, 0.6) is 0 Å². The van der Waals surface area contributed by atoms with E-state index in [0.29, 0.717) is 25.7 Å². The second kappa shape index (κ2) is 15.7. The Morgan fingerprint density at radius 3 is 2.35 bits per heavy atom. The second-order valence-corrected chi connectivity index (χ2v) is 16.9. The molecule has 3 aliphatic carbocycles. The first-order valence-electron chi connectivity index (χ1n) is 20.0. The van der Waals surface area contributed by atoms with Gasteiger partial charge in [-0.1, -0.05) is 50.1 Å². The Balaban J connectivity index is 1.10. The van der Waals surface area contributed by atoms with E-state index in [0.717, 1.165) is 19.3 Å². The average molecular weight is 773 g/mol. The Hall–Kier alpha value is -3.11. The van der Waals surface area contributed by atoms with E-state index in [1.807, 2.05) is 13.0 Å². The number of ether oxygens (including phenoxy) is 6. The molecule has 3 fully saturated rings. The van der Waals surface area contributed by atoms with Crippen molar-refractivity contribution in [3.05, 3.63) is 47.5 Å². The lowest BCUT2D eigenvalue weighted by molar-refractivity contribution is -0.318. The maximum atomic E-state index is 14.6. The molecule has 55 heavy (non-hydrogen) atoms. The van der Waals surface area contributed by atoms with Gasteiger partial charge in [0.05, 0.1) is 35.9 Å². The van der Waals surface area contributed by atoms with E-state index in [1.54, 1.807) is 26.8 Å². The molecule has 4 heterocycles. The van der Waals surface area contributed by atoms with Gasteiger partial charge in [-0.05, 0) is 70.6 Å². The standard InChI is InChI=1S/C41H56O14/c1-20-19-41-24(16-26(20)37(46)47)11-8-6-5-7-10-23-14-15-25-27(40(23,4)39(49)54-35(36(41)45)38(48)55-41)12-9-13-30(25)52-31-18-29(43)34(22(3)51-31)53-32-17-28(42)33(44)21(2)50-32/h8,11,14-16,20-25,27-34,42-45H,5-7,9-10,12-13,17-19H2,1-4H3,(H,46,47)/b11-8-/t20-,21+,22+,23-,24-,25+,27-,28+,29+,30+,31-,32-,33+,34+,40-,41+/m0/s1. The molecule has 5 N–H and O–H groups in total. The quantitative estimate of drug-likeness (QED) is 0.197. The van der Waals surface area contributed by atoms with Crippen molar-refractivity contribution in [2.24, 2.45) is 35.0 Å². The fraction of sp³-hybridized carbons (Fsp3) is 0.732. The highest BCUT2D eigenvalue weighted by Crippen LogP contribution is 2.55. The number of aliphatic hydroxyl groups excluding tert-OH is 4. The maximum Gasteiger partial charge on any atom is 0.379 e. The summed E-state index contributed by atoms with van der Waals surface area (Å²) in [5, 5.41) is 53.0. The van der Waals surface area contributed by atoms with Crippen LogP contribution in [0, 0.1) is 35.0 Å². The zero-order valence-corrected chi connectivity index (χ0v) is 32.0. The second-order valence-electron chi connectivity index (χ2n) is 16.9. The summed E-state index contributed by atoms with van der Waals surface area (Å²) in [6, 6.07) is 0. The van der Waals surface area contributed by atoms with Crippen LogP contribution in [0.1, 0.15) is 91.9 Å². The van der Waals surface area contributed by atoms with E-state index in [9.17, 15) is 39.9 Å². The third-order valence-corrected chi connectivity index (χ3v) is 13.4. The Morgan fingerprint density at radius 2 is 1.62 bits per heavy atom. The molecule has 0 aromatic carbocycles. The molecule has 1 spiro atoms. The molecular formula is C41H56O14. The lowest BCUT2D eigenvalue weighted by atomic mass is 9.55. The summed E-state index contributed by atoms with van der Waals surface area (Å²) in [5.74, 6) is -5.73. The van der Waals surface area contributed by atoms with Gasteiger partial charge in [-0.2, -0.15) is 0 Å². The van der Waals surface area contributed by atoms with Crippen molar-refractivity contribution in [3.8, 4) is 0 Å². The molecule has 0 aromatic rings. The molecule has 0 amide bonds. The number of fused-ring (bicyclic) bond motifs is 3. The molecule has 2 bridgehead atoms. The summed E-state index contributed by atoms with van der Waals surface area (Å²) in [5.41, 5.74) is -2.53. The van der Waals surface area contributed by atoms with Crippen molar-refractivity contribution in [1.82, 2.24) is 0 Å². The van der Waals surface area contributed by atoms with Crippen molar-refractivity contribution < 1.29 is 68.3 Å². The van der Waals surface area contributed by atoms with Crippen LogP contribution < -0.4 is 0 Å². The van der Waals surface area contributed by atoms with Crippen LogP contribution in [0.25, 0.3) is 0 Å². The van der Waals surface area contributed by atoms with Crippen LogP contribution >= 0.6 is 0 Å². The Labute approximate surface area is 321 Å². The first-order chi connectivity index (χ1) is 26.1. The number of carboxylic acids is 1. The predicted octanol–water partition coefficient (Wildman–Crippen LogP) is 4.12. The molecule has 0 aromatic heterocycles. The fourth-order valence-corrected chi connectivity index (χ4v) is 10.3. The van der Waals surface area contributed by atoms with E-state index in [-0.39, 0.29) is 48.7 Å². The number of aliphatic hydroxyl groups is 4. The number of hydrogen-bond acceptors (Lipinski definition) is 13. The van der Waals surface area contributed by atoms with Gasteiger partial charge in [0.2, 0.25) is 0 Å². The third-order valence-electron chi connectivity index (χ3n) is 13.4. The molecular weight excluding hydrogens is 716 g/mol. The highest BCUT2D eigenvalue weighted by atomic mass is 16.7. The molecule has 0 radical (unpaired) electrons. The zero-order valence-electron chi connectivity index (χ0n) is 32.0. The molecule has 7 rings (SSSR count). The highest BCUT2D eigenvalue weighted by Gasteiger charge is 2.60. The topological polar surface area (TPSA) is 208 Å². The van der Waals surface area contributed by atoms with Gasteiger partial charge in [0, 0.05) is 36.7 Å². The molecule has 304 valence electrons. The molecule has 1 saturated carbocycles. The number of allylic oxidation sites excluding steroid dienone is 2. The van der Waals surface area contributed by atoms with Gasteiger partial charge in [0.1, 0.15) is 12.2 Å². The molecule has 14 nitrogen and oxygen atoms in total. The van der Waals surface area contributed by atoms with Crippen LogP contribution in [0.2, 0.25) is 0 Å². The van der Waals surface area contributed by atoms with Crippen molar-refractivity contribution in [1.29, 1.82) is 0 Å². The Morgan fingerprint density at radius 1 is 0.891 bits per heavy atom. The van der Waals surface area contributed by atoms with Gasteiger partial charge in [0.15, 0.2) is 23.9 Å². The van der Waals surface area contributed by atoms with Crippen molar-refractivity contribution in [2.45, 2.75) is 153 Å². The predicted molar refractivity (Wildman–Crippen MR) is 192 cm³/mol. The number of rotatable bonds is 5. The van der Waals surface area contributed by atoms with Crippen LogP contribution in [-0.4, -0.2) is 104 Å². The van der Waals surface area contributed by atoms with E-state index in [1.165, 1.54) is 6.08 Å². The third kappa shape index (κ3) is 7.32. The summed E-state index contributed by atoms with van der Waals surface area (Å²) < 4.78 is 36.4. The minimum atomic E-state index is -1.60. The number of carbonyl (C=O) groups is 3. The van der Waals surface area contributed by atoms with Crippen molar-refractivity contribution in [2.75, 3.05) is 0 Å². The number of carbonyl (C=O) groups excluding carboxylic acids is 2. The van der Waals surface area contributed by atoms with Gasteiger partial charge in [0.25, 0.3) is 5.76 Å². The first kappa shape index (κ1) is 40.1. The summed E-state index contributed by atoms with van der Waals surface area (Å²) >= 11 is 0. The highest BCUT2D eigenvalue weighted by molar-refractivity contribution is 5.95. The average Bonchev–Trinajstić information content (AvgIpc) is 3.35. The van der Waals surface area contributed by atoms with E-state index in [4.69, 9.17) is 28.4 Å². The summed E-state index contributed by atoms with van der Waals surface area (Å²) in [4.78, 5) is 40.1. The largest absolute Gasteiger partial charge is 0.505 e. The fourth-order valence-electron chi connectivity index (χ4n) is 10.3. The van der Waals surface area contributed by atoms with Crippen molar-refractivity contribution in [3.63, 3.8) is 0 Å². The lowest BCUT2D eigenvalue weighted by Crippen LogP contribution is -2.55. The Kier molecular flexibility index (Phi) is 11.4. The van der Waals surface area contributed by atoms with Crippen LogP contribution in [0.3, 0.4) is 0 Å². The normalized spacial score (nSPS) is 46.9. The summed E-state index contributed by atoms with van der Waals surface area (Å²) in [6.45, 7) is 7.00. The smallest absolute Gasteiger partial charge is 0.379 e. The minimum Gasteiger partial charge on any atom is -0.505 e. The zero-order chi connectivity index (χ0) is 39.4. The lowest BCUT2D eigenvalue weighted by Gasteiger charge is -2.51. The van der Waals surface area contributed by atoms with Gasteiger partial charge in [-0.25, -0.2) is 9.59 Å². The molecule has 4 aliphatic heterocycles. The SMILES string of the molecule is C[C@H]1C[C@]23OC(=O)C(=C2O)OC(=O)[C@@]2(C)[C@H](C=C[C@H]4[C@H](O[C@H]5C[C@@H](O)[C@H](O[C@H]6C[C@@H](O)[C@H](O)[C@@H](C)O6)[C@@H](C)O5)CCC[C@@H]42)CCCC/C=C\[C@H]3C=C1C(=O)O. The van der Waals surface area contributed by atoms with Gasteiger partial charge in [-0.15, -0.1) is 0 Å². The molecule has 0 unspecified atom stereocenters. The monoisotopic (exact) mass is 772 g/mol. The Bertz CT molecular complexity index is 1590. The minimum absolute atomic E-state index is 0.00929.